The number of fused-ring (bicyclic) bond motifs is 1. The number of pyridine rings is 1. The molecule has 0 bridgehead atoms. The van der Waals surface area contributed by atoms with Crippen LogP contribution in [0.3, 0.4) is 0 Å². The highest BCUT2D eigenvalue weighted by atomic mass is 15.3. The average Bonchev–Trinajstić information content (AvgIpc) is 3.56. The van der Waals surface area contributed by atoms with Gasteiger partial charge in [0, 0.05) is 49.5 Å². The minimum absolute atomic E-state index is 0.891. The van der Waals surface area contributed by atoms with Crippen LogP contribution >= 0.6 is 0 Å². The van der Waals surface area contributed by atoms with E-state index in [1.165, 1.54) is 0 Å². The molecule has 0 amide bonds. The summed E-state index contributed by atoms with van der Waals surface area (Å²) in [5.41, 5.74) is 10.9. The Morgan fingerprint density at radius 2 is 1.42 bits per heavy atom. The maximum absolute atomic E-state index is 4.73. The maximum atomic E-state index is 4.73. The van der Waals surface area contributed by atoms with Crippen molar-refractivity contribution in [1.82, 2.24) is 20.2 Å². The summed E-state index contributed by atoms with van der Waals surface area (Å²) in [6, 6.07) is 12.2. The third-order valence-corrected chi connectivity index (χ3v) is 5.24. The van der Waals surface area contributed by atoms with Gasteiger partial charge in [-0.25, -0.2) is 4.98 Å². The van der Waals surface area contributed by atoms with Gasteiger partial charge in [0.1, 0.15) is 17.3 Å². The number of aromatic nitrogens is 2. The van der Waals surface area contributed by atoms with E-state index in [-0.39, 0.29) is 0 Å². The lowest BCUT2D eigenvalue weighted by atomic mass is 10.1. The van der Waals surface area contributed by atoms with E-state index in [0.717, 1.165) is 78.5 Å². The zero-order valence-corrected chi connectivity index (χ0v) is 17.2. The minimum atomic E-state index is 0.891. The van der Waals surface area contributed by atoms with Gasteiger partial charge < -0.3 is 4.40 Å². The van der Waals surface area contributed by atoms with Crippen LogP contribution < -0.4 is 10.9 Å². The largest absolute Gasteiger partial charge is 0.306 e. The summed E-state index contributed by atoms with van der Waals surface area (Å²) in [6.45, 7) is 1.79. The van der Waals surface area contributed by atoms with Gasteiger partial charge in [0.05, 0.1) is 18.1 Å². The molecule has 8 heteroatoms. The molecule has 0 spiro atoms. The zero-order chi connectivity index (χ0) is 20.9. The van der Waals surface area contributed by atoms with Gasteiger partial charge in [-0.15, -0.1) is 0 Å². The molecule has 2 aromatic heterocycles. The predicted molar refractivity (Wildman–Crippen MR) is 125 cm³/mol. The van der Waals surface area contributed by atoms with Crippen LogP contribution in [0.15, 0.2) is 69.0 Å². The van der Waals surface area contributed by atoms with E-state index in [1.807, 2.05) is 47.3 Å². The molecule has 1 aromatic carbocycles. The highest BCUT2D eigenvalue weighted by molar-refractivity contribution is 5.87. The van der Waals surface area contributed by atoms with E-state index in [4.69, 9.17) is 4.98 Å². The number of rotatable bonds is 5. The summed E-state index contributed by atoms with van der Waals surface area (Å²) in [6.07, 6.45) is 11.8. The Morgan fingerprint density at radius 1 is 0.774 bits per heavy atom. The molecular formula is C23H24N8. The van der Waals surface area contributed by atoms with Gasteiger partial charge in [0.25, 0.3) is 0 Å². The fourth-order valence-corrected chi connectivity index (χ4v) is 3.59. The highest BCUT2D eigenvalue weighted by Gasteiger charge is 2.06. The molecule has 2 N–H and O–H groups in total. The van der Waals surface area contributed by atoms with E-state index in [9.17, 15) is 0 Å². The molecule has 0 saturated heterocycles. The van der Waals surface area contributed by atoms with Crippen LogP contribution in [0, 0.1) is 0 Å². The van der Waals surface area contributed by atoms with E-state index in [2.05, 4.69) is 43.2 Å². The monoisotopic (exact) mass is 412 g/mol. The number of amidine groups is 2. The van der Waals surface area contributed by atoms with Crippen molar-refractivity contribution in [3.8, 4) is 11.3 Å². The van der Waals surface area contributed by atoms with E-state index in [0.29, 0.717) is 0 Å². The molecule has 0 atom stereocenters. The number of imidazole rings is 1. The number of hydrazone groups is 2. The second-order valence-electron chi connectivity index (χ2n) is 7.58. The van der Waals surface area contributed by atoms with Crippen molar-refractivity contribution >= 4 is 29.7 Å². The van der Waals surface area contributed by atoms with Crippen LogP contribution in [0.4, 0.5) is 0 Å². The zero-order valence-electron chi connectivity index (χ0n) is 17.2. The normalized spacial score (nSPS) is 16.4. The second-order valence-corrected chi connectivity index (χ2v) is 7.58. The molecule has 2 aliphatic rings. The minimum Gasteiger partial charge on any atom is -0.306 e. The number of aliphatic imine (C=N–C) groups is 2. The SMILES string of the molecule is C(=NNC1=NCCC1)c1ccc(-c2cn3cc(C=NNC4=NCCC4)ccc3n2)cc1. The summed E-state index contributed by atoms with van der Waals surface area (Å²) in [5, 5.41) is 8.56. The van der Waals surface area contributed by atoms with Gasteiger partial charge in [0.15, 0.2) is 0 Å². The Bertz CT molecular complexity index is 1180. The third kappa shape index (κ3) is 4.69. The highest BCUT2D eigenvalue weighted by Crippen LogP contribution is 2.20. The quantitative estimate of drug-likeness (QED) is 0.498. The summed E-state index contributed by atoms with van der Waals surface area (Å²) >= 11 is 0. The lowest BCUT2D eigenvalue weighted by Crippen LogP contribution is -2.14. The summed E-state index contributed by atoms with van der Waals surface area (Å²) in [7, 11) is 0. The summed E-state index contributed by atoms with van der Waals surface area (Å²) < 4.78 is 2.02. The van der Waals surface area contributed by atoms with Gasteiger partial charge in [-0.3, -0.25) is 20.8 Å². The lowest BCUT2D eigenvalue weighted by Gasteiger charge is -1.99. The van der Waals surface area contributed by atoms with E-state index < -0.39 is 0 Å². The first-order valence-electron chi connectivity index (χ1n) is 10.6. The van der Waals surface area contributed by atoms with Gasteiger partial charge in [-0.1, -0.05) is 24.3 Å². The second kappa shape index (κ2) is 8.91. The Labute approximate surface area is 180 Å². The average molecular weight is 413 g/mol. The van der Waals surface area contributed by atoms with Crippen LogP contribution in [0.1, 0.15) is 36.8 Å². The van der Waals surface area contributed by atoms with Crippen LogP contribution in [0.5, 0.6) is 0 Å². The number of benzene rings is 1. The first-order chi connectivity index (χ1) is 15.3. The Morgan fingerprint density at radius 3 is 2.06 bits per heavy atom. The van der Waals surface area contributed by atoms with Crippen LogP contribution in [-0.4, -0.2) is 46.6 Å². The molecule has 8 nitrogen and oxygen atoms in total. The Hall–Kier alpha value is -3.81. The number of nitrogens with zero attached hydrogens (tertiary/aromatic N) is 6. The van der Waals surface area contributed by atoms with Crippen molar-refractivity contribution < 1.29 is 0 Å². The molecule has 2 aliphatic heterocycles. The summed E-state index contributed by atoms with van der Waals surface area (Å²) in [5.74, 6) is 1.92. The van der Waals surface area contributed by atoms with Crippen LogP contribution in [0.2, 0.25) is 0 Å². The van der Waals surface area contributed by atoms with Crippen LogP contribution in [-0.2, 0) is 0 Å². The smallest absolute Gasteiger partial charge is 0.137 e. The lowest BCUT2D eigenvalue weighted by molar-refractivity contribution is 0.937. The first kappa shape index (κ1) is 19.2. The van der Waals surface area contributed by atoms with E-state index >= 15 is 0 Å². The van der Waals surface area contributed by atoms with Crippen molar-refractivity contribution in [3.05, 3.63) is 59.9 Å². The summed E-state index contributed by atoms with van der Waals surface area (Å²) in [4.78, 5) is 13.4. The molecule has 5 rings (SSSR count). The standard InChI is InChI=1S/C23H24N8/c1-3-21(24-11-1)29-26-13-17-5-8-19(9-6-17)20-16-31-15-18(7-10-23(31)28-20)14-27-30-22-4-2-12-25-22/h5-10,13-16H,1-4,11-12H2,(H,24,29)(H,25,30). The molecule has 0 aliphatic carbocycles. The predicted octanol–water partition coefficient (Wildman–Crippen LogP) is 3.23. The Kier molecular flexibility index (Phi) is 5.51. The van der Waals surface area contributed by atoms with Gasteiger partial charge in [-0.05, 0) is 30.5 Å². The van der Waals surface area contributed by atoms with E-state index in [1.54, 1.807) is 6.21 Å². The van der Waals surface area contributed by atoms with Crippen LogP contribution in [0.25, 0.3) is 16.9 Å². The van der Waals surface area contributed by atoms with Crippen molar-refractivity contribution in [3.63, 3.8) is 0 Å². The topological polar surface area (TPSA) is 90.8 Å². The number of hydrogen-bond donors (Lipinski definition) is 2. The van der Waals surface area contributed by atoms with Gasteiger partial charge in [-0.2, -0.15) is 10.2 Å². The molecule has 3 aromatic rings. The van der Waals surface area contributed by atoms with Crippen molar-refractivity contribution in [2.45, 2.75) is 25.7 Å². The fourth-order valence-electron chi connectivity index (χ4n) is 3.59. The van der Waals surface area contributed by atoms with Crippen molar-refractivity contribution in [2.75, 3.05) is 13.1 Å². The molecule has 31 heavy (non-hydrogen) atoms. The number of hydrogen-bond acceptors (Lipinski definition) is 7. The first-order valence-corrected chi connectivity index (χ1v) is 10.6. The van der Waals surface area contributed by atoms with Crippen molar-refractivity contribution in [1.29, 1.82) is 0 Å². The molecule has 0 unspecified atom stereocenters. The van der Waals surface area contributed by atoms with Gasteiger partial charge in [0.2, 0.25) is 0 Å². The third-order valence-electron chi connectivity index (χ3n) is 5.24. The fraction of sp³-hybridized carbons (Fsp3) is 0.261. The number of nitrogens with one attached hydrogen (secondary N) is 2. The molecule has 156 valence electrons. The maximum Gasteiger partial charge on any atom is 0.137 e. The molecule has 0 radical (unpaired) electrons. The Balaban J connectivity index is 1.26. The molecule has 4 heterocycles. The van der Waals surface area contributed by atoms with Gasteiger partial charge >= 0.3 is 0 Å². The molecular weight excluding hydrogens is 388 g/mol. The molecule has 0 fully saturated rings. The van der Waals surface area contributed by atoms with Crippen molar-refractivity contribution in [2.24, 2.45) is 20.2 Å². The molecule has 0 saturated carbocycles.